The van der Waals surface area contributed by atoms with Crippen LogP contribution in [0, 0.1) is 0 Å². The van der Waals surface area contributed by atoms with Crippen LogP contribution in [-0.4, -0.2) is 89.3 Å². The minimum absolute atomic E-state index is 0.00550. The molecule has 0 aliphatic carbocycles. The molecule has 200 valence electrons. The van der Waals surface area contributed by atoms with Gasteiger partial charge in [-0.25, -0.2) is 4.79 Å². The minimum Gasteiger partial charge on any atom is -0.445 e. The van der Waals surface area contributed by atoms with E-state index in [1.165, 1.54) is 26.2 Å². The third-order valence-electron chi connectivity index (χ3n) is 5.23. The number of methoxy groups -OCH3 is 3. The van der Waals surface area contributed by atoms with Gasteiger partial charge in [-0.3, -0.25) is 4.90 Å². The number of aliphatic hydroxyl groups is 1. The zero-order valence-electron chi connectivity index (χ0n) is 21.1. The molecular weight excluding hydrogens is 470 g/mol. The Hall–Kier alpha value is -2.57. The van der Waals surface area contributed by atoms with E-state index in [1.54, 1.807) is 0 Å². The smallest absolute Gasteiger partial charge is 0.410 e. The van der Waals surface area contributed by atoms with E-state index in [1.807, 2.05) is 60.7 Å². The highest BCUT2D eigenvalue weighted by atomic mass is 16.7. The lowest BCUT2D eigenvalue weighted by molar-refractivity contribution is -0.192. The van der Waals surface area contributed by atoms with Gasteiger partial charge in [0.25, 0.3) is 0 Å². The molecule has 1 amide bonds. The molecule has 10 heteroatoms. The average Bonchev–Trinajstić information content (AvgIpc) is 2.92. The van der Waals surface area contributed by atoms with Crippen LogP contribution in [0.2, 0.25) is 0 Å². The fourth-order valence-electron chi connectivity index (χ4n) is 3.53. The first-order chi connectivity index (χ1) is 17.6. The molecule has 0 heterocycles. The summed E-state index contributed by atoms with van der Waals surface area (Å²) >= 11 is 0. The minimum atomic E-state index is -0.852. The van der Waals surface area contributed by atoms with Crippen molar-refractivity contribution in [2.24, 2.45) is 0 Å². The third-order valence-corrected chi connectivity index (χ3v) is 5.23. The molecule has 3 atom stereocenters. The third kappa shape index (κ3) is 10.2. The maximum atomic E-state index is 13.5. The summed E-state index contributed by atoms with van der Waals surface area (Å²) in [5.74, 6) is 0. The topological polar surface area (TPSA) is 105 Å². The normalized spacial score (nSPS) is 13.7. The number of rotatable bonds is 18. The zero-order chi connectivity index (χ0) is 26.0. The van der Waals surface area contributed by atoms with Crippen LogP contribution in [0.3, 0.4) is 0 Å². The number of hydrogen-bond acceptors (Lipinski definition) is 9. The van der Waals surface area contributed by atoms with Crippen LogP contribution < -0.4 is 0 Å². The molecule has 2 aromatic rings. The lowest BCUT2D eigenvalue weighted by Gasteiger charge is -2.38. The van der Waals surface area contributed by atoms with Crippen molar-refractivity contribution in [1.82, 2.24) is 4.90 Å². The van der Waals surface area contributed by atoms with Crippen LogP contribution in [-0.2, 0) is 46.3 Å². The van der Waals surface area contributed by atoms with Gasteiger partial charge in [-0.2, -0.15) is 0 Å². The molecule has 0 aliphatic heterocycles. The summed E-state index contributed by atoms with van der Waals surface area (Å²) in [7, 11) is 4.45. The summed E-state index contributed by atoms with van der Waals surface area (Å²) in [6, 6.07) is 18.1. The molecule has 1 N–H and O–H groups in total. The number of hydrogen-bond donors (Lipinski definition) is 1. The lowest BCUT2D eigenvalue weighted by Crippen LogP contribution is -2.56. The summed E-state index contributed by atoms with van der Waals surface area (Å²) in [4.78, 5) is 15.0. The summed E-state index contributed by atoms with van der Waals surface area (Å²) in [6.07, 6.45) is -2.28. The van der Waals surface area contributed by atoms with Crippen LogP contribution in [0.4, 0.5) is 4.79 Å². The van der Waals surface area contributed by atoms with Crippen LogP contribution in [0.15, 0.2) is 60.7 Å². The second-order valence-electron chi connectivity index (χ2n) is 7.83. The second kappa shape index (κ2) is 17.8. The van der Waals surface area contributed by atoms with Gasteiger partial charge in [0.05, 0.1) is 19.3 Å². The number of carbonyl (C=O) groups is 1. The van der Waals surface area contributed by atoms with Crippen molar-refractivity contribution in [3.63, 3.8) is 0 Å². The fraction of sp³-hybridized carbons (Fsp3) is 0.500. The predicted molar refractivity (Wildman–Crippen MR) is 131 cm³/mol. The average molecular weight is 508 g/mol. The van der Waals surface area contributed by atoms with E-state index >= 15 is 0 Å². The molecule has 0 radical (unpaired) electrons. The van der Waals surface area contributed by atoms with E-state index in [-0.39, 0.29) is 40.1 Å². The first-order valence-electron chi connectivity index (χ1n) is 11.5. The van der Waals surface area contributed by atoms with Gasteiger partial charge in [0.15, 0.2) is 0 Å². The van der Waals surface area contributed by atoms with Gasteiger partial charge in [-0.15, -0.1) is 0 Å². The molecule has 2 aromatic carbocycles. The molecule has 10 nitrogen and oxygen atoms in total. The molecule has 0 aliphatic rings. The molecule has 0 saturated carbocycles. The summed E-state index contributed by atoms with van der Waals surface area (Å²) < 4.78 is 38.2. The summed E-state index contributed by atoms with van der Waals surface area (Å²) in [5, 5.41) is 10.1. The van der Waals surface area contributed by atoms with Crippen molar-refractivity contribution in [3.05, 3.63) is 71.8 Å². The number of benzene rings is 2. The van der Waals surface area contributed by atoms with Crippen LogP contribution >= 0.6 is 0 Å². The highest BCUT2D eigenvalue weighted by Crippen LogP contribution is 2.21. The van der Waals surface area contributed by atoms with Gasteiger partial charge < -0.3 is 38.3 Å². The van der Waals surface area contributed by atoms with Crippen molar-refractivity contribution < 1.29 is 43.1 Å². The van der Waals surface area contributed by atoms with Gasteiger partial charge >= 0.3 is 6.09 Å². The lowest BCUT2D eigenvalue weighted by atomic mass is 10.0. The Balaban J connectivity index is 2.39. The molecule has 0 bridgehead atoms. The van der Waals surface area contributed by atoms with Gasteiger partial charge in [-0.1, -0.05) is 60.7 Å². The maximum Gasteiger partial charge on any atom is 0.410 e. The largest absolute Gasteiger partial charge is 0.445 e. The quantitative estimate of drug-likeness (QED) is 0.241. The van der Waals surface area contributed by atoms with Crippen LogP contribution in [0.5, 0.6) is 0 Å². The van der Waals surface area contributed by atoms with E-state index in [0.29, 0.717) is 0 Å². The van der Waals surface area contributed by atoms with Crippen molar-refractivity contribution in [2.75, 3.05) is 54.9 Å². The number of ether oxygens (including phenoxy) is 7. The van der Waals surface area contributed by atoms with Gasteiger partial charge in [0.2, 0.25) is 0 Å². The molecule has 0 spiro atoms. The number of carbonyl (C=O) groups excluding carboxylic acids is 1. The highest BCUT2D eigenvalue weighted by molar-refractivity contribution is 5.68. The first kappa shape index (κ1) is 29.7. The van der Waals surface area contributed by atoms with Gasteiger partial charge in [0.1, 0.15) is 39.2 Å². The SMILES string of the molecule is COCOC[C@H]([C@H](OCOC)[C@H](CO)OCOC)N(Cc1ccccc1)C(=O)OCc1ccccc1. The molecule has 36 heavy (non-hydrogen) atoms. The monoisotopic (exact) mass is 507 g/mol. The Morgan fingerprint density at radius 1 is 0.833 bits per heavy atom. The fourth-order valence-corrected chi connectivity index (χ4v) is 3.53. The van der Waals surface area contributed by atoms with Crippen molar-refractivity contribution in [3.8, 4) is 0 Å². The number of amides is 1. The van der Waals surface area contributed by atoms with E-state index < -0.39 is 30.9 Å². The van der Waals surface area contributed by atoms with Crippen LogP contribution in [0.1, 0.15) is 11.1 Å². The zero-order valence-corrected chi connectivity index (χ0v) is 21.1. The Morgan fingerprint density at radius 3 is 2.00 bits per heavy atom. The molecule has 2 rings (SSSR count). The van der Waals surface area contributed by atoms with Crippen molar-refractivity contribution in [1.29, 1.82) is 0 Å². The van der Waals surface area contributed by atoms with Crippen LogP contribution in [0.25, 0.3) is 0 Å². The van der Waals surface area contributed by atoms with E-state index in [9.17, 15) is 9.90 Å². The predicted octanol–water partition coefficient (Wildman–Crippen LogP) is 2.79. The Bertz CT molecular complexity index is 825. The Morgan fingerprint density at radius 2 is 1.42 bits per heavy atom. The highest BCUT2D eigenvalue weighted by Gasteiger charge is 2.38. The molecule has 0 aromatic heterocycles. The van der Waals surface area contributed by atoms with Crippen molar-refractivity contribution in [2.45, 2.75) is 31.4 Å². The maximum absolute atomic E-state index is 13.5. The van der Waals surface area contributed by atoms with E-state index in [0.717, 1.165) is 11.1 Å². The number of aliphatic hydroxyl groups excluding tert-OH is 1. The second-order valence-corrected chi connectivity index (χ2v) is 7.83. The Labute approximate surface area is 212 Å². The molecular formula is C26H37NO9. The molecule has 0 saturated heterocycles. The summed E-state index contributed by atoms with van der Waals surface area (Å²) in [5.41, 5.74) is 1.72. The van der Waals surface area contributed by atoms with Crippen molar-refractivity contribution >= 4 is 6.09 Å². The number of nitrogens with zero attached hydrogens (tertiary/aromatic N) is 1. The molecule has 0 fully saturated rings. The van der Waals surface area contributed by atoms with Gasteiger partial charge in [-0.05, 0) is 11.1 Å². The Kier molecular flexibility index (Phi) is 14.7. The first-order valence-corrected chi connectivity index (χ1v) is 11.5. The standard InChI is InChI=1S/C26H37NO9/c1-30-18-33-17-23(25(36-20-32-3)24(15-28)35-19-31-2)27(14-21-10-6-4-7-11-21)26(29)34-16-22-12-8-5-9-13-22/h4-13,23-25,28H,14-20H2,1-3H3/t23-,24+,25+/m1/s1. The van der Waals surface area contributed by atoms with E-state index in [2.05, 4.69) is 0 Å². The summed E-state index contributed by atoms with van der Waals surface area (Å²) in [6.45, 7) is -0.278. The molecule has 0 unspecified atom stereocenters. The van der Waals surface area contributed by atoms with E-state index in [4.69, 9.17) is 33.2 Å². The van der Waals surface area contributed by atoms with Gasteiger partial charge in [0, 0.05) is 27.9 Å².